The molecule has 4 nitrogen and oxygen atoms in total. The molecule has 0 aliphatic carbocycles. The van der Waals surface area contributed by atoms with Crippen LogP contribution in [0.15, 0.2) is 42.5 Å². The third kappa shape index (κ3) is 4.10. The number of nitriles is 1. The predicted molar refractivity (Wildman–Crippen MR) is 82.4 cm³/mol. The summed E-state index contributed by atoms with van der Waals surface area (Å²) >= 11 is 0. The van der Waals surface area contributed by atoms with E-state index < -0.39 is 5.97 Å². The van der Waals surface area contributed by atoms with Crippen molar-refractivity contribution in [1.29, 1.82) is 5.26 Å². The molecule has 112 valence electrons. The second-order valence-electron chi connectivity index (χ2n) is 4.96. The van der Waals surface area contributed by atoms with Gasteiger partial charge in [0.1, 0.15) is 12.4 Å². The van der Waals surface area contributed by atoms with Gasteiger partial charge < -0.3 is 9.47 Å². The van der Waals surface area contributed by atoms with E-state index in [0.29, 0.717) is 11.3 Å². The van der Waals surface area contributed by atoms with Crippen LogP contribution in [0.2, 0.25) is 0 Å². The molecular weight excluding hydrogens is 278 g/mol. The smallest absolute Gasteiger partial charge is 0.344 e. The van der Waals surface area contributed by atoms with E-state index in [1.807, 2.05) is 38.1 Å². The quantitative estimate of drug-likeness (QED) is 0.794. The summed E-state index contributed by atoms with van der Waals surface area (Å²) in [7, 11) is 0. The number of nitrogens with zero attached hydrogens (tertiary/aromatic N) is 1. The van der Waals surface area contributed by atoms with Gasteiger partial charge in [0.15, 0.2) is 6.61 Å². The summed E-state index contributed by atoms with van der Waals surface area (Å²) in [6.45, 7) is 3.93. The molecule has 0 fully saturated rings. The molecule has 0 radical (unpaired) electrons. The molecular formula is C18H17NO3. The summed E-state index contributed by atoms with van der Waals surface area (Å²) in [5.74, 6) is 0.242. The van der Waals surface area contributed by atoms with E-state index in [9.17, 15) is 4.79 Å². The number of hydrogen-bond donors (Lipinski definition) is 0. The van der Waals surface area contributed by atoms with Crippen molar-refractivity contribution in [3.05, 3.63) is 64.7 Å². The zero-order chi connectivity index (χ0) is 15.9. The van der Waals surface area contributed by atoms with Gasteiger partial charge in [-0.25, -0.2) is 4.79 Å². The maximum absolute atomic E-state index is 11.7. The van der Waals surface area contributed by atoms with Gasteiger partial charge in [0.25, 0.3) is 0 Å². The van der Waals surface area contributed by atoms with Crippen molar-refractivity contribution in [2.24, 2.45) is 0 Å². The third-order valence-electron chi connectivity index (χ3n) is 3.36. The summed E-state index contributed by atoms with van der Waals surface area (Å²) < 4.78 is 10.6. The average molecular weight is 295 g/mol. The minimum atomic E-state index is -0.441. The summed E-state index contributed by atoms with van der Waals surface area (Å²) in [4.78, 5) is 11.7. The first kappa shape index (κ1) is 15.6. The van der Waals surface area contributed by atoms with Crippen molar-refractivity contribution in [1.82, 2.24) is 0 Å². The molecule has 22 heavy (non-hydrogen) atoms. The van der Waals surface area contributed by atoms with Crippen molar-refractivity contribution in [3.63, 3.8) is 0 Å². The summed E-state index contributed by atoms with van der Waals surface area (Å²) in [6.07, 6.45) is 0. The lowest BCUT2D eigenvalue weighted by Gasteiger charge is -2.10. The maximum Gasteiger partial charge on any atom is 0.344 e. The number of benzene rings is 2. The molecule has 0 saturated heterocycles. The number of rotatable bonds is 5. The van der Waals surface area contributed by atoms with Crippen LogP contribution in [0.5, 0.6) is 5.75 Å². The van der Waals surface area contributed by atoms with Crippen LogP contribution in [0.25, 0.3) is 0 Å². The first-order chi connectivity index (χ1) is 10.6. The van der Waals surface area contributed by atoms with E-state index in [-0.39, 0.29) is 13.2 Å². The van der Waals surface area contributed by atoms with Crippen LogP contribution in [-0.2, 0) is 16.1 Å². The van der Waals surface area contributed by atoms with Gasteiger partial charge in [-0.2, -0.15) is 5.26 Å². The first-order valence-corrected chi connectivity index (χ1v) is 6.94. The molecule has 0 spiro atoms. The highest BCUT2D eigenvalue weighted by atomic mass is 16.6. The lowest BCUT2D eigenvalue weighted by molar-refractivity contribution is -0.147. The van der Waals surface area contributed by atoms with E-state index in [0.717, 1.165) is 16.7 Å². The minimum absolute atomic E-state index is 0.129. The summed E-state index contributed by atoms with van der Waals surface area (Å²) in [5.41, 5.74) is 3.44. The molecule has 0 heterocycles. The van der Waals surface area contributed by atoms with Crippen LogP contribution < -0.4 is 4.74 Å². The molecule has 0 aliphatic heterocycles. The van der Waals surface area contributed by atoms with Crippen molar-refractivity contribution in [3.8, 4) is 11.8 Å². The number of esters is 1. The maximum atomic E-state index is 11.7. The first-order valence-electron chi connectivity index (χ1n) is 6.94. The number of aryl methyl sites for hydroxylation is 1. The number of ether oxygens (including phenoxy) is 2. The molecule has 0 N–H and O–H groups in total. The molecule has 0 bridgehead atoms. The van der Waals surface area contributed by atoms with E-state index in [4.69, 9.17) is 14.7 Å². The van der Waals surface area contributed by atoms with Gasteiger partial charge in [0.2, 0.25) is 0 Å². The van der Waals surface area contributed by atoms with Gasteiger partial charge in [-0.3, -0.25) is 0 Å². The fourth-order valence-electron chi connectivity index (χ4n) is 1.95. The Morgan fingerprint density at radius 2 is 1.95 bits per heavy atom. The van der Waals surface area contributed by atoms with E-state index in [1.165, 1.54) is 0 Å². The number of hydrogen-bond acceptors (Lipinski definition) is 4. The van der Waals surface area contributed by atoms with Crippen LogP contribution in [0.4, 0.5) is 0 Å². The molecule has 2 aromatic carbocycles. The van der Waals surface area contributed by atoms with Crippen molar-refractivity contribution < 1.29 is 14.3 Å². The molecule has 0 unspecified atom stereocenters. The summed E-state index contributed by atoms with van der Waals surface area (Å²) in [5, 5.41) is 8.82. The van der Waals surface area contributed by atoms with Crippen LogP contribution >= 0.6 is 0 Å². The van der Waals surface area contributed by atoms with Crippen LogP contribution in [-0.4, -0.2) is 12.6 Å². The Labute approximate surface area is 129 Å². The molecule has 0 aromatic heterocycles. The van der Waals surface area contributed by atoms with E-state index in [2.05, 4.69) is 0 Å². The monoisotopic (exact) mass is 295 g/mol. The molecule has 0 aliphatic rings. The van der Waals surface area contributed by atoms with Crippen LogP contribution in [0.1, 0.15) is 22.3 Å². The third-order valence-corrected chi connectivity index (χ3v) is 3.36. The zero-order valence-corrected chi connectivity index (χ0v) is 12.6. The molecule has 2 rings (SSSR count). The molecule has 0 amide bonds. The van der Waals surface area contributed by atoms with Crippen molar-refractivity contribution in [2.45, 2.75) is 20.5 Å². The second kappa shape index (κ2) is 7.28. The second-order valence-corrected chi connectivity index (χ2v) is 4.96. The predicted octanol–water partition coefficient (Wildman–Crippen LogP) is 3.30. The largest absolute Gasteiger partial charge is 0.482 e. The minimum Gasteiger partial charge on any atom is -0.482 e. The SMILES string of the molecule is Cc1cccc(OCC(=O)OCc2cccc(C#N)c2)c1C. The van der Waals surface area contributed by atoms with Crippen molar-refractivity contribution >= 4 is 5.97 Å². The van der Waals surface area contributed by atoms with Crippen molar-refractivity contribution in [2.75, 3.05) is 6.61 Å². The normalized spacial score (nSPS) is 9.86. The average Bonchev–Trinajstić information content (AvgIpc) is 2.54. The molecule has 0 saturated carbocycles. The highest BCUT2D eigenvalue weighted by molar-refractivity contribution is 5.71. The van der Waals surface area contributed by atoms with Gasteiger partial charge in [-0.1, -0.05) is 24.3 Å². The standard InChI is InChI=1S/C18H17NO3/c1-13-5-3-8-17(14(13)2)21-12-18(20)22-11-16-7-4-6-15(9-16)10-19/h3-9H,11-12H2,1-2H3. The van der Waals surface area contributed by atoms with Gasteiger partial charge in [-0.05, 0) is 48.7 Å². The zero-order valence-electron chi connectivity index (χ0n) is 12.6. The fourth-order valence-corrected chi connectivity index (χ4v) is 1.95. The lowest BCUT2D eigenvalue weighted by atomic mass is 10.1. The Balaban J connectivity index is 1.86. The molecule has 2 aromatic rings. The molecule has 0 atom stereocenters. The highest BCUT2D eigenvalue weighted by Crippen LogP contribution is 2.20. The summed E-state index contributed by atoms with van der Waals surface area (Å²) in [6, 6.07) is 14.7. The highest BCUT2D eigenvalue weighted by Gasteiger charge is 2.07. The lowest BCUT2D eigenvalue weighted by Crippen LogP contribution is -2.15. The fraction of sp³-hybridized carbons (Fsp3) is 0.222. The Morgan fingerprint density at radius 1 is 1.18 bits per heavy atom. The van der Waals surface area contributed by atoms with Gasteiger partial charge in [0, 0.05) is 0 Å². The van der Waals surface area contributed by atoms with Gasteiger partial charge in [0.05, 0.1) is 11.6 Å². The van der Waals surface area contributed by atoms with E-state index in [1.54, 1.807) is 24.3 Å². The van der Waals surface area contributed by atoms with E-state index >= 15 is 0 Å². The van der Waals surface area contributed by atoms with Crippen LogP contribution in [0.3, 0.4) is 0 Å². The van der Waals surface area contributed by atoms with Crippen LogP contribution in [0, 0.1) is 25.2 Å². The number of carbonyl (C=O) groups is 1. The molecule has 4 heteroatoms. The topological polar surface area (TPSA) is 59.3 Å². The number of carbonyl (C=O) groups excluding carboxylic acids is 1. The Kier molecular flexibility index (Phi) is 5.16. The Hall–Kier alpha value is -2.80. The Bertz CT molecular complexity index is 717. The Morgan fingerprint density at radius 3 is 2.73 bits per heavy atom. The van der Waals surface area contributed by atoms with Gasteiger partial charge in [-0.15, -0.1) is 0 Å². The van der Waals surface area contributed by atoms with Gasteiger partial charge >= 0.3 is 5.97 Å².